The molecule has 0 saturated carbocycles. The van der Waals surface area contributed by atoms with Crippen LogP contribution in [0.4, 0.5) is 0 Å². The normalized spacial score (nSPS) is 21.8. The molecule has 2 rings (SSSR count). The number of carbonyl (C=O) groups excluding carboxylic acids is 1. The van der Waals surface area contributed by atoms with Crippen LogP contribution in [-0.4, -0.2) is 29.7 Å². The van der Waals surface area contributed by atoms with Crippen LogP contribution in [0.2, 0.25) is 0 Å². The standard InChI is InChI=1S/C15H19NO4S/c1-2-13-12(7-8-20-13)15(19)16-9-11-4-3-10(21-11)5-6-14(17)18/h3-6,12-13H,2,7-9H2,1H3,(H,16,19)(H,17,18)/b6-5+. The molecule has 6 heteroatoms. The fraction of sp³-hybridized carbons (Fsp3) is 0.467. The molecule has 1 saturated heterocycles. The van der Waals surface area contributed by atoms with E-state index in [-0.39, 0.29) is 17.9 Å². The molecular formula is C15H19NO4S. The van der Waals surface area contributed by atoms with Gasteiger partial charge in [-0.1, -0.05) is 6.92 Å². The number of amides is 1. The van der Waals surface area contributed by atoms with Gasteiger partial charge in [0.05, 0.1) is 18.6 Å². The van der Waals surface area contributed by atoms with Gasteiger partial charge in [-0.2, -0.15) is 0 Å². The Kier molecular flexibility index (Phi) is 5.52. The lowest BCUT2D eigenvalue weighted by Crippen LogP contribution is -2.34. The fourth-order valence-electron chi connectivity index (χ4n) is 2.39. The minimum Gasteiger partial charge on any atom is -0.478 e. The van der Waals surface area contributed by atoms with Crippen molar-refractivity contribution in [2.75, 3.05) is 6.61 Å². The van der Waals surface area contributed by atoms with Gasteiger partial charge in [-0.05, 0) is 31.1 Å². The lowest BCUT2D eigenvalue weighted by Gasteiger charge is -2.16. The number of carbonyl (C=O) groups is 2. The predicted molar refractivity (Wildman–Crippen MR) is 81.0 cm³/mol. The SMILES string of the molecule is CCC1OCCC1C(=O)NCc1ccc(/C=C/C(=O)O)s1. The maximum atomic E-state index is 12.1. The highest BCUT2D eigenvalue weighted by Crippen LogP contribution is 2.24. The zero-order valence-electron chi connectivity index (χ0n) is 11.9. The van der Waals surface area contributed by atoms with E-state index in [4.69, 9.17) is 9.84 Å². The molecule has 21 heavy (non-hydrogen) atoms. The number of hydrogen-bond acceptors (Lipinski definition) is 4. The van der Waals surface area contributed by atoms with Crippen molar-refractivity contribution in [3.05, 3.63) is 28.0 Å². The molecule has 2 atom stereocenters. The van der Waals surface area contributed by atoms with E-state index in [2.05, 4.69) is 5.32 Å². The number of carboxylic acid groups (broad SMARTS) is 1. The van der Waals surface area contributed by atoms with Crippen LogP contribution in [0.3, 0.4) is 0 Å². The summed E-state index contributed by atoms with van der Waals surface area (Å²) in [5, 5.41) is 11.5. The highest BCUT2D eigenvalue weighted by atomic mass is 32.1. The monoisotopic (exact) mass is 309 g/mol. The van der Waals surface area contributed by atoms with Crippen molar-refractivity contribution in [2.45, 2.75) is 32.4 Å². The van der Waals surface area contributed by atoms with Crippen molar-refractivity contribution in [3.63, 3.8) is 0 Å². The minimum absolute atomic E-state index is 0.0300. The van der Waals surface area contributed by atoms with Gasteiger partial charge in [-0.3, -0.25) is 4.79 Å². The zero-order chi connectivity index (χ0) is 15.2. The number of thiophene rings is 1. The van der Waals surface area contributed by atoms with Crippen LogP contribution in [0.25, 0.3) is 6.08 Å². The molecule has 0 spiro atoms. The predicted octanol–water partition coefficient (Wildman–Crippen LogP) is 2.28. The Morgan fingerprint density at radius 3 is 3.05 bits per heavy atom. The Balaban J connectivity index is 1.85. The number of rotatable bonds is 6. The Bertz CT molecular complexity index is 538. The highest BCUT2D eigenvalue weighted by Gasteiger charge is 2.32. The lowest BCUT2D eigenvalue weighted by molar-refractivity contribution is -0.131. The topological polar surface area (TPSA) is 75.6 Å². The van der Waals surface area contributed by atoms with Crippen molar-refractivity contribution >= 4 is 29.3 Å². The van der Waals surface area contributed by atoms with Gasteiger partial charge in [0.15, 0.2) is 0 Å². The van der Waals surface area contributed by atoms with Crippen molar-refractivity contribution in [3.8, 4) is 0 Å². The average Bonchev–Trinajstić information content (AvgIpc) is 3.11. The Morgan fingerprint density at radius 1 is 1.52 bits per heavy atom. The molecule has 2 unspecified atom stereocenters. The molecule has 1 aliphatic rings. The van der Waals surface area contributed by atoms with E-state index in [1.807, 2.05) is 19.1 Å². The molecule has 0 bridgehead atoms. The molecule has 0 aromatic carbocycles. The summed E-state index contributed by atoms with van der Waals surface area (Å²) in [5.74, 6) is -0.984. The number of carboxylic acids is 1. The van der Waals surface area contributed by atoms with Crippen LogP contribution >= 0.6 is 11.3 Å². The van der Waals surface area contributed by atoms with Gasteiger partial charge < -0.3 is 15.2 Å². The van der Waals surface area contributed by atoms with Crippen LogP contribution in [-0.2, 0) is 20.9 Å². The number of aliphatic carboxylic acids is 1. The van der Waals surface area contributed by atoms with Crippen molar-refractivity contribution < 1.29 is 19.4 Å². The third kappa shape index (κ3) is 4.41. The molecule has 5 nitrogen and oxygen atoms in total. The first kappa shape index (κ1) is 15.7. The number of hydrogen-bond donors (Lipinski definition) is 2. The molecule has 1 aromatic heterocycles. The second kappa shape index (κ2) is 7.38. The van der Waals surface area contributed by atoms with Gasteiger partial charge in [0.1, 0.15) is 0 Å². The van der Waals surface area contributed by atoms with Crippen LogP contribution < -0.4 is 5.32 Å². The molecular weight excluding hydrogens is 290 g/mol. The van der Waals surface area contributed by atoms with E-state index in [9.17, 15) is 9.59 Å². The van der Waals surface area contributed by atoms with Crippen LogP contribution in [0.15, 0.2) is 18.2 Å². The van der Waals surface area contributed by atoms with Crippen LogP contribution in [0.1, 0.15) is 29.5 Å². The summed E-state index contributed by atoms with van der Waals surface area (Å²) in [7, 11) is 0. The smallest absolute Gasteiger partial charge is 0.328 e. The summed E-state index contributed by atoms with van der Waals surface area (Å²) in [6, 6.07) is 3.74. The molecule has 0 radical (unpaired) electrons. The van der Waals surface area contributed by atoms with E-state index < -0.39 is 5.97 Å². The summed E-state index contributed by atoms with van der Waals surface area (Å²) >= 11 is 1.47. The second-order valence-electron chi connectivity index (χ2n) is 4.91. The first-order valence-corrected chi connectivity index (χ1v) is 7.81. The van der Waals surface area contributed by atoms with Gasteiger partial charge in [-0.25, -0.2) is 4.79 Å². The summed E-state index contributed by atoms with van der Waals surface area (Å²) < 4.78 is 5.52. The van der Waals surface area contributed by atoms with E-state index >= 15 is 0 Å². The summed E-state index contributed by atoms with van der Waals surface area (Å²) in [6.45, 7) is 3.15. The van der Waals surface area contributed by atoms with Crippen LogP contribution in [0, 0.1) is 5.92 Å². The first-order chi connectivity index (χ1) is 10.1. The molecule has 2 N–H and O–H groups in total. The van der Waals surface area contributed by atoms with E-state index in [1.54, 1.807) is 6.08 Å². The Labute approximate surface area is 127 Å². The van der Waals surface area contributed by atoms with Crippen LogP contribution in [0.5, 0.6) is 0 Å². The maximum absolute atomic E-state index is 12.1. The zero-order valence-corrected chi connectivity index (χ0v) is 12.7. The number of nitrogens with one attached hydrogen (secondary N) is 1. The van der Waals surface area contributed by atoms with Crippen molar-refractivity contribution in [2.24, 2.45) is 5.92 Å². The van der Waals surface area contributed by atoms with Crippen molar-refractivity contribution in [1.29, 1.82) is 0 Å². The molecule has 1 aromatic rings. The maximum Gasteiger partial charge on any atom is 0.328 e. The molecule has 2 heterocycles. The van der Waals surface area contributed by atoms with E-state index in [0.717, 1.165) is 28.7 Å². The average molecular weight is 309 g/mol. The Morgan fingerprint density at radius 2 is 2.33 bits per heavy atom. The molecule has 1 fully saturated rings. The largest absolute Gasteiger partial charge is 0.478 e. The van der Waals surface area contributed by atoms with Gasteiger partial charge in [-0.15, -0.1) is 11.3 Å². The molecule has 1 aliphatic heterocycles. The quantitative estimate of drug-likeness (QED) is 0.791. The molecule has 0 aliphatic carbocycles. The summed E-state index contributed by atoms with van der Waals surface area (Å²) in [5.41, 5.74) is 0. The molecule has 114 valence electrons. The third-order valence-corrected chi connectivity index (χ3v) is 4.51. The highest BCUT2D eigenvalue weighted by molar-refractivity contribution is 7.12. The lowest BCUT2D eigenvalue weighted by atomic mass is 9.99. The van der Waals surface area contributed by atoms with Gasteiger partial charge in [0.25, 0.3) is 0 Å². The van der Waals surface area contributed by atoms with Gasteiger partial charge in [0.2, 0.25) is 5.91 Å². The van der Waals surface area contributed by atoms with E-state index in [0.29, 0.717) is 13.2 Å². The number of ether oxygens (including phenoxy) is 1. The second-order valence-corrected chi connectivity index (χ2v) is 6.11. The summed E-state index contributed by atoms with van der Waals surface area (Å²) in [4.78, 5) is 24.4. The molecule has 1 amide bonds. The fourth-order valence-corrected chi connectivity index (χ4v) is 3.24. The van der Waals surface area contributed by atoms with E-state index in [1.165, 1.54) is 11.3 Å². The Hall–Kier alpha value is -1.66. The minimum atomic E-state index is -0.968. The summed E-state index contributed by atoms with van der Waals surface area (Å²) in [6.07, 6.45) is 4.32. The third-order valence-electron chi connectivity index (χ3n) is 3.46. The van der Waals surface area contributed by atoms with Gasteiger partial charge >= 0.3 is 5.97 Å². The first-order valence-electron chi connectivity index (χ1n) is 6.99. The van der Waals surface area contributed by atoms with Gasteiger partial charge in [0, 0.05) is 22.4 Å². The van der Waals surface area contributed by atoms with Crippen molar-refractivity contribution in [1.82, 2.24) is 5.32 Å².